The van der Waals surface area contributed by atoms with Gasteiger partial charge in [-0.25, -0.2) is 14.8 Å². The topological polar surface area (TPSA) is 116 Å². The van der Waals surface area contributed by atoms with E-state index in [0.717, 1.165) is 6.20 Å². The maximum absolute atomic E-state index is 10.6. The van der Waals surface area contributed by atoms with E-state index in [9.17, 15) is 15.0 Å². The van der Waals surface area contributed by atoms with Crippen LogP contribution in [0.2, 0.25) is 0 Å². The van der Waals surface area contributed by atoms with E-state index in [1.165, 1.54) is 18.3 Å². The van der Waals surface area contributed by atoms with Crippen molar-refractivity contribution in [2.24, 2.45) is 0 Å². The summed E-state index contributed by atoms with van der Waals surface area (Å²) in [6.07, 6.45) is 2.37. The summed E-state index contributed by atoms with van der Waals surface area (Å²) in [7, 11) is 0. The first-order valence-electron chi connectivity index (χ1n) is 4.53. The van der Waals surface area contributed by atoms with E-state index in [0.29, 0.717) is 0 Å². The van der Waals surface area contributed by atoms with Crippen molar-refractivity contribution in [3.8, 4) is 23.1 Å². The second kappa shape index (κ2) is 4.05. The highest BCUT2D eigenvalue weighted by atomic mass is 16.4. The zero-order valence-corrected chi connectivity index (χ0v) is 8.40. The van der Waals surface area contributed by atoms with E-state index in [1.54, 1.807) is 0 Å². The highest BCUT2D eigenvalue weighted by Crippen LogP contribution is 2.25. The Kier molecular flexibility index (Phi) is 2.57. The molecule has 7 heteroatoms. The van der Waals surface area contributed by atoms with Crippen LogP contribution in [0, 0.1) is 0 Å². The number of pyridine rings is 1. The molecule has 0 saturated heterocycles. The lowest BCUT2D eigenvalue weighted by molar-refractivity contribution is 0.0692. The molecule has 2 aromatic rings. The van der Waals surface area contributed by atoms with Crippen molar-refractivity contribution in [2.45, 2.75) is 0 Å². The molecule has 3 N–H and O–H groups in total. The van der Waals surface area contributed by atoms with Crippen molar-refractivity contribution in [1.29, 1.82) is 0 Å². The molecule has 0 bridgehead atoms. The van der Waals surface area contributed by atoms with Crippen molar-refractivity contribution in [3.05, 3.63) is 30.1 Å². The Bertz CT molecular complexity index is 586. The number of hydrogen-bond acceptors (Lipinski definition) is 6. The van der Waals surface area contributed by atoms with E-state index in [4.69, 9.17) is 5.11 Å². The van der Waals surface area contributed by atoms with Crippen LogP contribution >= 0.6 is 0 Å². The molecule has 2 rings (SSSR count). The van der Waals surface area contributed by atoms with Gasteiger partial charge in [-0.05, 0) is 12.1 Å². The monoisotopic (exact) mass is 233 g/mol. The summed E-state index contributed by atoms with van der Waals surface area (Å²) >= 11 is 0. The minimum absolute atomic E-state index is 0.0504. The van der Waals surface area contributed by atoms with Gasteiger partial charge in [0.15, 0.2) is 5.82 Å². The van der Waals surface area contributed by atoms with Crippen molar-refractivity contribution in [3.63, 3.8) is 0 Å². The molecule has 0 aliphatic carbocycles. The first kappa shape index (κ1) is 10.8. The first-order chi connectivity index (χ1) is 8.09. The molecule has 0 aromatic carbocycles. The van der Waals surface area contributed by atoms with E-state index in [2.05, 4.69) is 15.0 Å². The lowest BCUT2D eigenvalue weighted by Crippen LogP contribution is -2.01. The van der Waals surface area contributed by atoms with Crippen molar-refractivity contribution in [2.75, 3.05) is 0 Å². The molecular formula is C10H7N3O4. The van der Waals surface area contributed by atoms with E-state index < -0.39 is 17.4 Å². The van der Waals surface area contributed by atoms with Crippen LogP contribution in [0.25, 0.3) is 11.5 Å². The van der Waals surface area contributed by atoms with Crippen LogP contribution in [0.15, 0.2) is 24.5 Å². The van der Waals surface area contributed by atoms with Crippen molar-refractivity contribution < 1.29 is 20.1 Å². The molecule has 0 fully saturated rings. The van der Waals surface area contributed by atoms with Gasteiger partial charge in [-0.3, -0.25) is 0 Å². The number of nitrogens with zero attached hydrogens (tertiary/aromatic N) is 3. The molecule has 0 saturated carbocycles. The summed E-state index contributed by atoms with van der Waals surface area (Å²) in [5, 5.41) is 27.5. The summed E-state index contributed by atoms with van der Waals surface area (Å²) in [4.78, 5) is 21.7. The largest absolute Gasteiger partial charge is 0.506 e. The third-order valence-electron chi connectivity index (χ3n) is 2.00. The fourth-order valence-corrected chi connectivity index (χ4v) is 1.21. The SMILES string of the molecule is O=C(O)c1cnc(-c2ncccc2O)nc1O. The second-order valence-electron chi connectivity index (χ2n) is 3.11. The van der Waals surface area contributed by atoms with Crippen LogP contribution in [-0.4, -0.2) is 36.2 Å². The Balaban J connectivity index is 2.52. The molecule has 0 atom stereocenters. The number of hydrogen-bond donors (Lipinski definition) is 3. The highest BCUT2D eigenvalue weighted by molar-refractivity contribution is 5.89. The molecule has 7 nitrogen and oxygen atoms in total. The van der Waals surface area contributed by atoms with Crippen LogP contribution in [0.5, 0.6) is 11.6 Å². The maximum Gasteiger partial charge on any atom is 0.342 e. The quantitative estimate of drug-likeness (QED) is 0.697. The molecule has 86 valence electrons. The van der Waals surface area contributed by atoms with Crippen LogP contribution in [0.4, 0.5) is 0 Å². The Labute approximate surface area is 95.1 Å². The van der Waals surface area contributed by atoms with Gasteiger partial charge in [0, 0.05) is 12.4 Å². The number of aromatic nitrogens is 3. The fraction of sp³-hybridized carbons (Fsp3) is 0. The van der Waals surface area contributed by atoms with Crippen LogP contribution in [0.1, 0.15) is 10.4 Å². The molecule has 0 unspecified atom stereocenters. The average Bonchev–Trinajstić information content (AvgIpc) is 2.29. The third kappa shape index (κ3) is 1.98. The van der Waals surface area contributed by atoms with Gasteiger partial charge in [-0.15, -0.1) is 0 Å². The van der Waals surface area contributed by atoms with E-state index in [1.807, 2.05) is 0 Å². The van der Waals surface area contributed by atoms with Gasteiger partial charge >= 0.3 is 5.97 Å². The van der Waals surface area contributed by atoms with Gasteiger partial charge < -0.3 is 15.3 Å². The van der Waals surface area contributed by atoms with E-state index in [-0.39, 0.29) is 17.3 Å². The standard InChI is InChI=1S/C10H7N3O4/c14-6-2-1-3-11-7(6)8-12-4-5(10(16)17)9(15)13-8/h1-4,14H,(H,16,17)(H,12,13,15). The predicted octanol–water partition coefficient (Wildman–Crippen LogP) is 0.648. The van der Waals surface area contributed by atoms with Crippen LogP contribution < -0.4 is 0 Å². The smallest absolute Gasteiger partial charge is 0.342 e. The lowest BCUT2D eigenvalue weighted by atomic mass is 10.3. The number of carbonyl (C=O) groups is 1. The number of rotatable bonds is 2. The molecule has 0 aliphatic rings. The van der Waals surface area contributed by atoms with Gasteiger partial charge in [0.25, 0.3) is 0 Å². The van der Waals surface area contributed by atoms with Gasteiger partial charge in [0.1, 0.15) is 17.0 Å². The summed E-state index contributed by atoms with van der Waals surface area (Å²) < 4.78 is 0. The molecule has 0 aliphatic heterocycles. The van der Waals surface area contributed by atoms with Crippen molar-refractivity contribution >= 4 is 5.97 Å². The van der Waals surface area contributed by atoms with E-state index >= 15 is 0 Å². The maximum atomic E-state index is 10.6. The average molecular weight is 233 g/mol. The normalized spacial score (nSPS) is 10.1. The summed E-state index contributed by atoms with van der Waals surface area (Å²) in [5.74, 6) is -2.22. The number of carboxylic acids is 1. The molecule has 2 heterocycles. The molecule has 17 heavy (non-hydrogen) atoms. The Morgan fingerprint density at radius 3 is 2.59 bits per heavy atom. The predicted molar refractivity (Wildman–Crippen MR) is 55.6 cm³/mol. The Morgan fingerprint density at radius 1 is 1.24 bits per heavy atom. The number of aromatic carboxylic acids is 1. The highest BCUT2D eigenvalue weighted by Gasteiger charge is 2.15. The molecule has 0 radical (unpaired) electrons. The summed E-state index contributed by atoms with van der Waals surface area (Å²) in [6, 6.07) is 2.90. The van der Waals surface area contributed by atoms with Gasteiger partial charge in [0.2, 0.25) is 5.88 Å². The van der Waals surface area contributed by atoms with Crippen molar-refractivity contribution in [1.82, 2.24) is 15.0 Å². The first-order valence-corrected chi connectivity index (χ1v) is 4.53. The van der Waals surface area contributed by atoms with Gasteiger partial charge in [0.05, 0.1) is 0 Å². The fourth-order valence-electron chi connectivity index (χ4n) is 1.21. The van der Waals surface area contributed by atoms with Gasteiger partial charge in [-0.2, -0.15) is 4.98 Å². The van der Waals surface area contributed by atoms with Crippen LogP contribution in [0.3, 0.4) is 0 Å². The Hall–Kier alpha value is -2.70. The molecule has 2 aromatic heterocycles. The molecule has 0 amide bonds. The Morgan fingerprint density at radius 2 is 2.00 bits per heavy atom. The molecular weight excluding hydrogens is 226 g/mol. The number of aromatic hydroxyl groups is 2. The second-order valence-corrected chi connectivity index (χ2v) is 3.11. The van der Waals surface area contributed by atoms with Gasteiger partial charge in [-0.1, -0.05) is 0 Å². The molecule has 0 spiro atoms. The zero-order chi connectivity index (χ0) is 12.4. The zero-order valence-electron chi connectivity index (χ0n) is 8.40. The minimum atomic E-state index is -1.33. The third-order valence-corrected chi connectivity index (χ3v) is 2.00. The number of carboxylic acid groups (broad SMARTS) is 1. The minimum Gasteiger partial charge on any atom is -0.506 e. The lowest BCUT2D eigenvalue weighted by Gasteiger charge is -2.03. The van der Waals surface area contributed by atoms with Crippen LogP contribution in [-0.2, 0) is 0 Å². The summed E-state index contributed by atoms with van der Waals surface area (Å²) in [5.41, 5.74) is -0.344. The summed E-state index contributed by atoms with van der Waals surface area (Å²) in [6.45, 7) is 0.